The van der Waals surface area contributed by atoms with Gasteiger partial charge in [-0.3, -0.25) is 4.79 Å². The van der Waals surface area contributed by atoms with Crippen molar-refractivity contribution in [3.05, 3.63) is 23.5 Å². The highest BCUT2D eigenvalue weighted by Crippen LogP contribution is 2.19. The maximum Gasteiger partial charge on any atom is 0.326 e. The zero-order chi connectivity index (χ0) is 14.9. The summed E-state index contributed by atoms with van der Waals surface area (Å²) in [7, 11) is 1.44. The van der Waals surface area contributed by atoms with E-state index in [9.17, 15) is 9.59 Å². The molecule has 2 aromatic rings. The highest BCUT2D eigenvalue weighted by atomic mass is 16.5. The van der Waals surface area contributed by atoms with E-state index in [0.29, 0.717) is 23.1 Å². The quantitative estimate of drug-likeness (QED) is 0.905. The van der Waals surface area contributed by atoms with Crippen LogP contribution in [0.4, 0.5) is 0 Å². The van der Waals surface area contributed by atoms with Crippen LogP contribution in [0, 0.1) is 0 Å². The van der Waals surface area contributed by atoms with E-state index in [2.05, 4.69) is 10.1 Å². The molecular weight excluding hydrogens is 262 g/mol. The van der Waals surface area contributed by atoms with Crippen molar-refractivity contribution in [1.82, 2.24) is 15.0 Å². The van der Waals surface area contributed by atoms with Crippen molar-refractivity contribution >= 4 is 23.0 Å². The van der Waals surface area contributed by atoms with Crippen molar-refractivity contribution in [3.63, 3.8) is 0 Å². The molecule has 2 rings (SSSR count). The number of pyridine rings is 1. The van der Waals surface area contributed by atoms with Crippen molar-refractivity contribution in [1.29, 1.82) is 0 Å². The Labute approximate surface area is 115 Å². The van der Waals surface area contributed by atoms with Gasteiger partial charge in [-0.15, -0.1) is 0 Å². The van der Waals surface area contributed by atoms with Crippen LogP contribution < -0.4 is 0 Å². The minimum Gasteiger partial charge on any atom is -0.480 e. The highest BCUT2D eigenvalue weighted by Gasteiger charge is 2.23. The van der Waals surface area contributed by atoms with Crippen LogP contribution in [0.3, 0.4) is 0 Å². The van der Waals surface area contributed by atoms with Gasteiger partial charge in [0.2, 0.25) is 0 Å². The lowest BCUT2D eigenvalue weighted by molar-refractivity contribution is -0.141. The molecule has 0 bridgehead atoms. The number of amides is 1. The average Bonchev–Trinajstić information content (AvgIpc) is 2.86. The van der Waals surface area contributed by atoms with Crippen LogP contribution in [-0.4, -0.2) is 45.1 Å². The van der Waals surface area contributed by atoms with Gasteiger partial charge in [0.15, 0.2) is 0 Å². The van der Waals surface area contributed by atoms with E-state index in [1.807, 2.05) is 6.92 Å². The Hall–Kier alpha value is -2.44. The van der Waals surface area contributed by atoms with E-state index in [-0.39, 0.29) is 0 Å². The third-order valence-electron chi connectivity index (χ3n) is 3.24. The molecule has 0 aliphatic carbocycles. The number of carboxylic acid groups (broad SMARTS) is 1. The number of aromatic nitrogens is 2. The van der Waals surface area contributed by atoms with Crippen LogP contribution in [0.2, 0.25) is 0 Å². The van der Waals surface area contributed by atoms with Crippen molar-refractivity contribution in [2.45, 2.75) is 26.3 Å². The lowest BCUT2D eigenvalue weighted by Gasteiger charge is -2.21. The summed E-state index contributed by atoms with van der Waals surface area (Å²) in [6.07, 6.45) is 2.02. The molecule has 1 unspecified atom stereocenters. The molecule has 1 amide bonds. The van der Waals surface area contributed by atoms with E-state index < -0.39 is 17.9 Å². The molecule has 1 atom stereocenters. The van der Waals surface area contributed by atoms with Crippen LogP contribution >= 0.6 is 0 Å². The summed E-state index contributed by atoms with van der Waals surface area (Å²) in [5, 5.41) is 13.5. The molecule has 106 valence electrons. The largest absolute Gasteiger partial charge is 0.480 e. The fourth-order valence-corrected chi connectivity index (χ4v) is 1.80. The van der Waals surface area contributed by atoms with Crippen LogP contribution in [-0.2, 0) is 11.2 Å². The fraction of sp³-hybridized carbons (Fsp3) is 0.385. The molecule has 20 heavy (non-hydrogen) atoms. The van der Waals surface area contributed by atoms with E-state index in [4.69, 9.17) is 9.63 Å². The van der Waals surface area contributed by atoms with Gasteiger partial charge in [0.05, 0.1) is 16.6 Å². The maximum atomic E-state index is 12.2. The van der Waals surface area contributed by atoms with Crippen molar-refractivity contribution in [2.24, 2.45) is 0 Å². The fourth-order valence-electron chi connectivity index (χ4n) is 1.80. The summed E-state index contributed by atoms with van der Waals surface area (Å²) in [6.45, 7) is 3.37. The van der Waals surface area contributed by atoms with E-state index >= 15 is 0 Å². The Morgan fingerprint density at radius 3 is 2.80 bits per heavy atom. The van der Waals surface area contributed by atoms with Gasteiger partial charge in [-0.05, 0) is 19.4 Å². The highest BCUT2D eigenvalue weighted by molar-refractivity contribution is 5.98. The summed E-state index contributed by atoms with van der Waals surface area (Å²) < 4.78 is 5.04. The molecule has 0 saturated heterocycles. The first-order chi connectivity index (χ1) is 9.45. The second-order valence-electron chi connectivity index (χ2n) is 4.49. The first-order valence-corrected chi connectivity index (χ1v) is 6.20. The number of aliphatic carboxylic acids is 1. The minimum atomic E-state index is -1.06. The zero-order valence-corrected chi connectivity index (χ0v) is 11.5. The number of likely N-dealkylation sites (N-methyl/N-ethyl adjacent to an activating group) is 1. The predicted molar refractivity (Wildman–Crippen MR) is 70.4 cm³/mol. The lowest BCUT2D eigenvalue weighted by Crippen LogP contribution is -2.40. The first kappa shape index (κ1) is 14.0. The number of hydrogen-bond donors (Lipinski definition) is 1. The standard InChI is InChI=1S/C13H15N3O4/c1-4-10-9-5-8(6-14-11(9)20-15-10)12(17)16(3)7(2)13(18)19/h5-7H,4H2,1-3H3,(H,18,19). The molecule has 2 heterocycles. The average molecular weight is 277 g/mol. The Balaban J connectivity index is 2.37. The van der Waals surface area contributed by atoms with Crippen LogP contribution in [0.1, 0.15) is 29.9 Å². The van der Waals surface area contributed by atoms with E-state index in [1.54, 1.807) is 6.07 Å². The van der Waals surface area contributed by atoms with Gasteiger partial charge < -0.3 is 14.5 Å². The topological polar surface area (TPSA) is 96.5 Å². The molecule has 7 heteroatoms. The molecule has 0 aliphatic rings. The number of carboxylic acids is 1. The monoisotopic (exact) mass is 277 g/mol. The summed E-state index contributed by atoms with van der Waals surface area (Å²) in [6, 6.07) is 0.719. The molecule has 0 spiro atoms. The summed E-state index contributed by atoms with van der Waals surface area (Å²) in [4.78, 5) is 28.3. The predicted octanol–water partition coefficient (Wildman–Crippen LogP) is 1.33. The van der Waals surface area contributed by atoms with Gasteiger partial charge >= 0.3 is 5.97 Å². The van der Waals surface area contributed by atoms with Gasteiger partial charge in [0, 0.05) is 13.2 Å². The molecule has 0 aromatic carbocycles. The second kappa shape index (κ2) is 5.28. The SMILES string of the molecule is CCc1noc2ncc(C(=O)N(C)C(C)C(=O)O)cc12. The van der Waals surface area contributed by atoms with Gasteiger partial charge in [0.1, 0.15) is 6.04 Å². The molecule has 0 aliphatic heterocycles. The minimum absolute atomic E-state index is 0.311. The summed E-state index contributed by atoms with van der Waals surface area (Å²) in [5.41, 5.74) is 1.40. The van der Waals surface area contributed by atoms with Crippen LogP contribution in [0.25, 0.3) is 11.1 Å². The van der Waals surface area contributed by atoms with Crippen molar-refractivity contribution < 1.29 is 19.2 Å². The second-order valence-corrected chi connectivity index (χ2v) is 4.49. The normalized spacial score (nSPS) is 12.3. The molecular formula is C13H15N3O4. The van der Waals surface area contributed by atoms with Crippen LogP contribution in [0.5, 0.6) is 0 Å². The molecule has 0 saturated carbocycles. The van der Waals surface area contributed by atoms with Gasteiger partial charge in [-0.2, -0.15) is 0 Å². The number of aryl methyl sites for hydroxylation is 1. The third kappa shape index (κ3) is 2.34. The molecule has 7 nitrogen and oxygen atoms in total. The van der Waals surface area contributed by atoms with Gasteiger partial charge in [0.25, 0.3) is 11.6 Å². The number of nitrogens with zero attached hydrogens (tertiary/aromatic N) is 3. The summed E-state index contributed by atoms with van der Waals surface area (Å²) >= 11 is 0. The van der Waals surface area contributed by atoms with Crippen molar-refractivity contribution in [3.8, 4) is 0 Å². The maximum absolute atomic E-state index is 12.2. The van der Waals surface area contributed by atoms with Gasteiger partial charge in [-0.1, -0.05) is 12.1 Å². The van der Waals surface area contributed by atoms with E-state index in [1.165, 1.54) is 20.2 Å². The zero-order valence-electron chi connectivity index (χ0n) is 11.5. The number of carbonyl (C=O) groups excluding carboxylic acids is 1. The molecule has 0 fully saturated rings. The molecule has 1 N–H and O–H groups in total. The van der Waals surface area contributed by atoms with E-state index in [0.717, 1.165) is 10.6 Å². The smallest absolute Gasteiger partial charge is 0.326 e. The van der Waals surface area contributed by atoms with Gasteiger partial charge in [-0.25, -0.2) is 9.78 Å². The molecule has 2 aromatic heterocycles. The summed E-state index contributed by atoms with van der Waals surface area (Å²) in [5.74, 6) is -1.47. The van der Waals surface area contributed by atoms with Crippen LogP contribution in [0.15, 0.2) is 16.8 Å². The number of hydrogen-bond acceptors (Lipinski definition) is 5. The third-order valence-corrected chi connectivity index (χ3v) is 3.24. The first-order valence-electron chi connectivity index (χ1n) is 6.20. The Bertz CT molecular complexity index is 665. The Morgan fingerprint density at radius 2 is 2.20 bits per heavy atom. The number of fused-ring (bicyclic) bond motifs is 1. The Kier molecular flexibility index (Phi) is 3.69. The Morgan fingerprint density at radius 1 is 1.50 bits per heavy atom. The lowest BCUT2D eigenvalue weighted by atomic mass is 10.1. The number of carbonyl (C=O) groups is 2. The van der Waals surface area contributed by atoms with Crippen molar-refractivity contribution in [2.75, 3.05) is 7.05 Å². The molecule has 0 radical (unpaired) electrons. The number of rotatable bonds is 4.